The molecule has 4 nitrogen and oxygen atoms in total. The average molecular weight is 263 g/mol. The number of likely N-dealkylation sites (N-methyl/N-ethyl adjacent to an activating group) is 1. The minimum Gasteiger partial charge on any atom is -0.492 e. The normalized spacial score (nSPS) is 20.1. The van der Waals surface area contributed by atoms with E-state index >= 15 is 0 Å². The van der Waals surface area contributed by atoms with E-state index in [1.54, 1.807) is 0 Å². The Hall–Kier alpha value is -1.26. The van der Waals surface area contributed by atoms with Crippen molar-refractivity contribution >= 4 is 5.69 Å². The fraction of sp³-hybridized carbons (Fsp3) is 0.600. The Morgan fingerprint density at radius 3 is 2.74 bits per heavy atom. The molecule has 0 amide bonds. The number of hydrogen-bond acceptors (Lipinski definition) is 4. The Bertz CT molecular complexity index is 377. The lowest BCUT2D eigenvalue weighted by molar-refractivity contribution is 0.172. The van der Waals surface area contributed by atoms with Gasteiger partial charge in [-0.05, 0) is 57.7 Å². The van der Waals surface area contributed by atoms with Crippen molar-refractivity contribution in [3.63, 3.8) is 0 Å². The summed E-state index contributed by atoms with van der Waals surface area (Å²) in [7, 11) is 4.28. The molecule has 1 fully saturated rings. The van der Waals surface area contributed by atoms with E-state index < -0.39 is 0 Å². The molecule has 0 radical (unpaired) electrons. The van der Waals surface area contributed by atoms with Crippen LogP contribution in [0.15, 0.2) is 24.3 Å². The number of ether oxygens (including phenoxy) is 1. The first-order chi connectivity index (χ1) is 9.15. The first-order valence-corrected chi connectivity index (χ1v) is 7.02. The summed E-state index contributed by atoms with van der Waals surface area (Å²) < 4.78 is 5.77. The fourth-order valence-corrected chi connectivity index (χ4v) is 2.66. The highest BCUT2D eigenvalue weighted by atomic mass is 16.5. The number of hydrogen-bond donors (Lipinski definition) is 1. The van der Waals surface area contributed by atoms with Crippen molar-refractivity contribution in [3.05, 3.63) is 24.3 Å². The van der Waals surface area contributed by atoms with Gasteiger partial charge in [0.05, 0.1) is 0 Å². The molecule has 1 aliphatic heterocycles. The summed E-state index contributed by atoms with van der Waals surface area (Å²) in [5, 5.41) is 0. The van der Waals surface area contributed by atoms with Crippen LogP contribution in [0, 0.1) is 0 Å². The lowest BCUT2D eigenvalue weighted by Gasteiger charge is -2.26. The number of anilines is 1. The summed E-state index contributed by atoms with van der Waals surface area (Å²) in [5.41, 5.74) is 6.43. The van der Waals surface area contributed by atoms with Crippen LogP contribution in [0.1, 0.15) is 12.8 Å². The molecule has 1 aromatic rings. The Balaban J connectivity index is 1.74. The molecule has 1 saturated heterocycles. The van der Waals surface area contributed by atoms with Crippen molar-refractivity contribution in [2.75, 3.05) is 46.1 Å². The Labute approximate surface area is 116 Å². The van der Waals surface area contributed by atoms with Gasteiger partial charge in [-0.1, -0.05) is 0 Å². The predicted molar refractivity (Wildman–Crippen MR) is 79.5 cm³/mol. The molecule has 106 valence electrons. The van der Waals surface area contributed by atoms with Crippen LogP contribution in [0.3, 0.4) is 0 Å². The fourth-order valence-electron chi connectivity index (χ4n) is 2.66. The zero-order valence-electron chi connectivity index (χ0n) is 12.0. The van der Waals surface area contributed by atoms with E-state index in [1.807, 2.05) is 24.3 Å². The van der Waals surface area contributed by atoms with Crippen molar-refractivity contribution in [2.45, 2.75) is 18.9 Å². The first kappa shape index (κ1) is 14.2. The standard InChI is InChI=1S/C15H25N3O/c1-17(2)12-14-4-3-9-18(14)10-11-19-15-7-5-13(16)6-8-15/h5-8,14H,3-4,9-12,16H2,1-2H3. The zero-order valence-corrected chi connectivity index (χ0v) is 12.0. The lowest BCUT2D eigenvalue weighted by Crippen LogP contribution is -2.39. The molecule has 1 aromatic carbocycles. The SMILES string of the molecule is CN(C)CC1CCCN1CCOc1ccc(N)cc1. The molecule has 1 unspecified atom stereocenters. The number of nitrogen functional groups attached to an aromatic ring is 1. The number of rotatable bonds is 6. The minimum absolute atomic E-state index is 0.685. The number of likely N-dealkylation sites (tertiary alicyclic amines) is 1. The summed E-state index contributed by atoms with van der Waals surface area (Å²) in [4.78, 5) is 4.81. The third-order valence-electron chi connectivity index (χ3n) is 3.60. The van der Waals surface area contributed by atoms with Gasteiger partial charge in [-0.2, -0.15) is 0 Å². The molecule has 0 bridgehead atoms. The maximum absolute atomic E-state index is 5.77. The van der Waals surface area contributed by atoms with Crippen molar-refractivity contribution in [3.8, 4) is 5.75 Å². The summed E-state index contributed by atoms with van der Waals surface area (Å²) in [6, 6.07) is 8.29. The van der Waals surface area contributed by atoms with Crippen LogP contribution in [-0.2, 0) is 0 Å². The van der Waals surface area contributed by atoms with Crippen LogP contribution in [0.5, 0.6) is 5.75 Å². The van der Waals surface area contributed by atoms with Crippen molar-refractivity contribution in [2.24, 2.45) is 0 Å². The lowest BCUT2D eigenvalue weighted by atomic mass is 10.2. The van der Waals surface area contributed by atoms with Crippen LogP contribution >= 0.6 is 0 Å². The second-order valence-corrected chi connectivity index (χ2v) is 5.51. The van der Waals surface area contributed by atoms with Crippen LogP contribution in [0.25, 0.3) is 0 Å². The van der Waals surface area contributed by atoms with E-state index in [1.165, 1.54) is 19.4 Å². The summed E-state index contributed by atoms with van der Waals surface area (Å²) >= 11 is 0. The van der Waals surface area contributed by atoms with Crippen LogP contribution in [0.4, 0.5) is 5.69 Å². The molecule has 19 heavy (non-hydrogen) atoms. The number of nitrogens with two attached hydrogens (primary N) is 1. The smallest absolute Gasteiger partial charge is 0.119 e. The van der Waals surface area contributed by atoms with Gasteiger partial charge in [-0.15, -0.1) is 0 Å². The van der Waals surface area contributed by atoms with Gasteiger partial charge < -0.3 is 15.4 Å². The largest absolute Gasteiger partial charge is 0.492 e. The third kappa shape index (κ3) is 4.40. The topological polar surface area (TPSA) is 41.7 Å². The molecule has 0 aliphatic carbocycles. The molecular weight excluding hydrogens is 238 g/mol. The molecule has 1 aliphatic rings. The zero-order chi connectivity index (χ0) is 13.7. The van der Waals surface area contributed by atoms with Crippen molar-refractivity contribution in [1.82, 2.24) is 9.80 Å². The molecule has 2 N–H and O–H groups in total. The van der Waals surface area contributed by atoms with Crippen LogP contribution < -0.4 is 10.5 Å². The van der Waals surface area contributed by atoms with E-state index in [0.717, 1.165) is 31.1 Å². The maximum Gasteiger partial charge on any atom is 0.119 e. The molecular formula is C15H25N3O. The van der Waals surface area contributed by atoms with Gasteiger partial charge in [-0.25, -0.2) is 0 Å². The highest BCUT2D eigenvalue weighted by Gasteiger charge is 2.24. The Morgan fingerprint density at radius 2 is 2.05 bits per heavy atom. The average Bonchev–Trinajstić information content (AvgIpc) is 2.78. The molecule has 0 spiro atoms. The predicted octanol–water partition coefficient (Wildman–Crippen LogP) is 1.67. The van der Waals surface area contributed by atoms with Crippen LogP contribution in [-0.4, -0.2) is 56.2 Å². The van der Waals surface area contributed by atoms with E-state index in [-0.39, 0.29) is 0 Å². The van der Waals surface area contributed by atoms with E-state index in [4.69, 9.17) is 10.5 Å². The van der Waals surface area contributed by atoms with Gasteiger partial charge in [0.25, 0.3) is 0 Å². The Morgan fingerprint density at radius 1 is 1.32 bits per heavy atom. The van der Waals surface area contributed by atoms with E-state index in [0.29, 0.717) is 6.04 Å². The van der Waals surface area contributed by atoms with Gasteiger partial charge >= 0.3 is 0 Å². The third-order valence-corrected chi connectivity index (χ3v) is 3.60. The highest BCUT2D eigenvalue weighted by Crippen LogP contribution is 2.18. The second kappa shape index (κ2) is 6.78. The quantitative estimate of drug-likeness (QED) is 0.793. The molecule has 1 atom stereocenters. The molecule has 0 saturated carbocycles. The van der Waals surface area contributed by atoms with Gasteiger partial charge in [-0.3, -0.25) is 4.90 Å². The molecule has 2 rings (SSSR count). The van der Waals surface area contributed by atoms with Crippen molar-refractivity contribution in [1.29, 1.82) is 0 Å². The minimum atomic E-state index is 0.685. The summed E-state index contributed by atoms with van der Waals surface area (Å²) in [5.74, 6) is 0.901. The van der Waals surface area contributed by atoms with Gasteiger partial charge in [0.1, 0.15) is 12.4 Å². The Kier molecular flexibility index (Phi) is 5.05. The first-order valence-electron chi connectivity index (χ1n) is 7.02. The van der Waals surface area contributed by atoms with Crippen molar-refractivity contribution < 1.29 is 4.74 Å². The van der Waals surface area contributed by atoms with Gasteiger partial charge in [0, 0.05) is 24.8 Å². The van der Waals surface area contributed by atoms with E-state index in [9.17, 15) is 0 Å². The highest BCUT2D eigenvalue weighted by molar-refractivity contribution is 5.41. The second-order valence-electron chi connectivity index (χ2n) is 5.51. The monoisotopic (exact) mass is 263 g/mol. The molecule has 1 heterocycles. The van der Waals surface area contributed by atoms with Crippen LogP contribution in [0.2, 0.25) is 0 Å². The van der Waals surface area contributed by atoms with Gasteiger partial charge in [0.15, 0.2) is 0 Å². The molecule has 0 aromatic heterocycles. The molecule has 4 heteroatoms. The van der Waals surface area contributed by atoms with Gasteiger partial charge in [0.2, 0.25) is 0 Å². The summed E-state index contributed by atoms with van der Waals surface area (Å²) in [6.07, 6.45) is 2.61. The number of benzene rings is 1. The van der Waals surface area contributed by atoms with E-state index in [2.05, 4.69) is 23.9 Å². The maximum atomic E-state index is 5.77. The summed E-state index contributed by atoms with van der Waals surface area (Å²) in [6.45, 7) is 4.09. The number of nitrogens with zero attached hydrogens (tertiary/aromatic N) is 2.